The van der Waals surface area contributed by atoms with Crippen molar-refractivity contribution in [2.24, 2.45) is 0 Å². The Bertz CT molecular complexity index is 1250. The fourth-order valence-corrected chi connectivity index (χ4v) is 5.30. The van der Waals surface area contributed by atoms with Crippen molar-refractivity contribution >= 4 is 17.5 Å². The molecular weight excluding hydrogens is 478 g/mol. The molecule has 2 aliphatic heterocycles. The number of ether oxygens (including phenoxy) is 1. The van der Waals surface area contributed by atoms with Crippen LogP contribution >= 0.6 is 0 Å². The fourth-order valence-electron chi connectivity index (χ4n) is 5.30. The van der Waals surface area contributed by atoms with Crippen LogP contribution in [0.2, 0.25) is 0 Å². The van der Waals surface area contributed by atoms with Crippen LogP contribution in [0, 0.1) is 0 Å². The number of likely N-dealkylation sites (tertiary alicyclic amines) is 1. The number of para-hydroxylation sites is 2. The Kier molecular flexibility index (Phi) is 7.19. The van der Waals surface area contributed by atoms with E-state index in [1.54, 1.807) is 12.1 Å². The molecule has 1 saturated heterocycles. The Morgan fingerprint density at radius 2 is 1.63 bits per heavy atom. The van der Waals surface area contributed by atoms with Crippen LogP contribution in [0.3, 0.4) is 0 Å². The van der Waals surface area contributed by atoms with E-state index in [2.05, 4.69) is 55.3 Å². The first-order valence-electron chi connectivity index (χ1n) is 13.4. The number of hydrogen-bond donors (Lipinski definition) is 1. The van der Waals surface area contributed by atoms with Crippen molar-refractivity contribution in [1.29, 1.82) is 0 Å². The summed E-state index contributed by atoms with van der Waals surface area (Å²) >= 11 is 0. The van der Waals surface area contributed by atoms with Crippen LogP contribution in [0.15, 0.2) is 71.3 Å². The predicted molar refractivity (Wildman–Crippen MR) is 147 cm³/mol. The number of carbonyl (C=O) groups is 2. The Morgan fingerprint density at radius 1 is 0.921 bits per heavy atom. The van der Waals surface area contributed by atoms with Gasteiger partial charge in [0.25, 0.3) is 5.91 Å². The molecule has 2 aliphatic rings. The van der Waals surface area contributed by atoms with E-state index in [0.717, 1.165) is 42.8 Å². The molecule has 1 N–H and O–H groups in total. The minimum absolute atomic E-state index is 0.0989. The summed E-state index contributed by atoms with van der Waals surface area (Å²) < 4.78 is 11.9. The summed E-state index contributed by atoms with van der Waals surface area (Å²) in [5.74, 6) is 1.03. The van der Waals surface area contributed by atoms with Gasteiger partial charge in [0.15, 0.2) is 5.76 Å². The number of carbonyl (C=O) groups excluding carboxylic acids is 2. The van der Waals surface area contributed by atoms with E-state index in [4.69, 9.17) is 9.15 Å². The normalized spacial score (nSPS) is 16.9. The highest BCUT2D eigenvalue weighted by Gasteiger charge is 2.40. The van der Waals surface area contributed by atoms with Crippen molar-refractivity contribution in [1.82, 2.24) is 10.2 Å². The van der Waals surface area contributed by atoms with E-state index in [9.17, 15) is 9.59 Å². The average Bonchev–Trinajstić information content (AvgIpc) is 3.40. The number of rotatable bonds is 5. The molecule has 3 aromatic rings. The zero-order valence-electron chi connectivity index (χ0n) is 22.5. The van der Waals surface area contributed by atoms with Gasteiger partial charge < -0.3 is 24.3 Å². The second-order valence-corrected chi connectivity index (χ2v) is 11.4. The van der Waals surface area contributed by atoms with E-state index in [1.807, 2.05) is 29.2 Å². The highest BCUT2D eigenvalue weighted by molar-refractivity contribution is 5.91. The van der Waals surface area contributed by atoms with E-state index in [1.165, 1.54) is 11.8 Å². The van der Waals surface area contributed by atoms with Crippen LogP contribution < -0.4 is 15.0 Å². The number of nitrogens with one attached hydrogen (secondary N) is 1. The Hall–Kier alpha value is -3.74. The highest BCUT2D eigenvalue weighted by Crippen LogP contribution is 2.40. The summed E-state index contributed by atoms with van der Waals surface area (Å²) in [4.78, 5) is 29.7. The lowest BCUT2D eigenvalue weighted by Gasteiger charge is -2.41. The largest absolute Gasteiger partial charge is 0.485 e. The molecule has 1 spiro atoms. The number of piperidine rings is 1. The van der Waals surface area contributed by atoms with Crippen LogP contribution in [0.5, 0.6) is 5.75 Å². The number of benzene rings is 2. The van der Waals surface area contributed by atoms with Crippen LogP contribution in [0.4, 0.5) is 5.69 Å². The Balaban J connectivity index is 1.20. The van der Waals surface area contributed by atoms with Crippen LogP contribution in [0.1, 0.15) is 61.7 Å². The van der Waals surface area contributed by atoms with Gasteiger partial charge in [-0.3, -0.25) is 9.59 Å². The highest BCUT2D eigenvalue weighted by atomic mass is 16.5. The minimum Gasteiger partial charge on any atom is -0.485 e. The van der Waals surface area contributed by atoms with E-state index in [-0.39, 0.29) is 22.8 Å². The molecule has 2 aromatic carbocycles. The zero-order valence-corrected chi connectivity index (χ0v) is 22.5. The monoisotopic (exact) mass is 515 g/mol. The smallest absolute Gasteiger partial charge is 0.288 e. The molecule has 3 heterocycles. The number of hydrogen-bond acceptors (Lipinski definition) is 5. The molecule has 0 unspecified atom stereocenters. The van der Waals surface area contributed by atoms with Crippen LogP contribution in [-0.4, -0.2) is 48.6 Å². The van der Waals surface area contributed by atoms with Crippen molar-refractivity contribution in [2.45, 2.75) is 57.5 Å². The van der Waals surface area contributed by atoms with E-state index >= 15 is 0 Å². The van der Waals surface area contributed by atoms with Crippen molar-refractivity contribution in [3.05, 3.63) is 83.8 Å². The molecule has 0 bridgehead atoms. The molecule has 5 rings (SSSR count). The van der Waals surface area contributed by atoms with Crippen molar-refractivity contribution in [3.63, 3.8) is 0 Å². The van der Waals surface area contributed by atoms with Gasteiger partial charge in [-0.25, -0.2) is 0 Å². The molecule has 1 aromatic heterocycles. The summed E-state index contributed by atoms with van der Waals surface area (Å²) in [6, 6.07) is 19.7. The SMILES string of the molecule is CC(C)(C)c1ccc(CC(=O)N2CCC3(CC2)CCN(CNC(=O)c2ccco2)c2ccccc2O3)cc1. The molecule has 38 heavy (non-hydrogen) atoms. The number of furan rings is 1. The third-order valence-electron chi connectivity index (χ3n) is 7.75. The topological polar surface area (TPSA) is 75.0 Å². The summed E-state index contributed by atoms with van der Waals surface area (Å²) in [5, 5.41) is 2.96. The maximum Gasteiger partial charge on any atom is 0.288 e. The van der Waals surface area contributed by atoms with Crippen molar-refractivity contribution < 1.29 is 18.7 Å². The van der Waals surface area contributed by atoms with Gasteiger partial charge in [-0.1, -0.05) is 57.2 Å². The molecule has 1 fully saturated rings. The number of anilines is 1. The fraction of sp³-hybridized carbons (Fsp3) is 0.419. The van der Waals surface area contributed by atoms with Gasteiger partial charge in [0, 0.05) is 38.9 Å². The molecule has 7 nitrogen and oxygen atoms in total. The zero-order chi connectivity index (χ0) is 26.8. The summed E-state index contributed by atoms with van der Waals surface area (Å²) in [6.45, 7) is 9.04. The van der Waals surface area contributed by atoms with Gasteiger partial charge in [0.05, 0.1) is 25.0 Å². The first-order valence-corrected chi connectivity index (χ1v) is 13.4. The average molecular weight is 516 g/mol. The van der Waals surface area contributed by atoms with Gasteiger partial charge in [0.1, 0.15) is 11.4 Å². The molecule has 200 valence electrons. The summed E-state index contributed by atoms with van der Waals surface area (Å²) in [7, 11) is 0. The number of nitrogens with zero attached hydrogens (tertiary/aromatic N) is 2. The van der Waals surface area contributed by atoms with Gasteiger partial charge in [-0.15, -0.1) is 0 Å². The maximum absolute atomic E-state index is 13.1. The van der Waals surface area contributed by atoms with Gasteiger partial charge in [0.2, 0.25) is 5.91 Å². The Morgan fingerprint density at radius 3 is 2.32 bits per heavy atom. The first kappa shape index (κ1) is 25.9. The first-order chi connectivity index (χ1) is 18.2. The Labute approximate surface area is 224 Å². The lowest BCUT2D eigenvalue weighted by atomic mass is 9.86. The summed E-state index contributed by atoms with van der Waals surface area (Å²) in [5.41, 5.74) is 3.05. The molecule has 0 aliphatic carbocycles. The van der Waals surface area contributed by atoms with E-state index in [0.29, 0.717) is 31.9 Å². The molecular formula is C31H37N3O4. The lowest BCUT2D eigenvalue weighted by molar-refractivity contribution is -0.134. The molecule has 0 radical (unpaired) electrons. The van der Waals surface area contributed by atoms with Gasteiger partial charge in [-0.2, -0.15) is 0 Å². The third kappa shape index (κ3) is 5.72. The molecule has 7 heteroatoms. The van der Waals surface area contributed by atoms with Gasteiger partial charge in [-0.05, 0) is 40.8 Å². The molecule has 0 saturated carbocycles. The lowest BCUT2D eigenvalue weighted by Crippen LogP contribution is -2.50. The summed E-state index contributed by atoms with van der Waals surface area (Å²) in [6.07, 6.45) is 4.29. The van der Waals surface area contributed by atoms with Crippen molar-refractivity contribution in [3.8, 4) is 5.75 Å². The standard InChI is InChI=1S/C31H37N3O4/c1-30(2,3)24-12-10-23(11-13-24)21-28(35)33-17-14-31(15-18-33)16-19-34(25-7-4-5-8-26(25)38-31)22-32-29(36)27-9-6-20-37-27/h4-13,20H,14-19,21-22H2,1-3H3,(H,32,36). The third-order valence-corrected chi connectivity index (χ3v) is 7.75. The predicted octanol–water partition coefficient (Wildman–Crippen LogP) is 5.16. The van der Waals surface area contributed by atoms with Gasteiger partial charge >= 0.3 is 0 Å². The second kappa shape index (κ2) is 10.6. The second-order valence-electron chi connectivity index (χ2n) is 11.4. The van der Waals surface area contributed by atoms with Crippen LogP contribution in [0.25, 0.3) is 0 Å². The molecule has 2 amide bonds. The number of amides is 2. The maximum atomic E-state index is 13.1. The quantitative estimate of drug-likeness (QED) is 0.508. The van der Waals surface area contributed by atoms with Crippen molar-refractivity contribution in [2.75, 3.05) is 31.2 Å². The molecule has 0 atom stereocenters. The number of fused-ring (bicyclic) bond motifs is 1. The minimum atomic E-state index is -0.332. The van der Waals surface area contributed by atoms with E-state index < -0.39 is 0 Å². The van der Waals surface area contributed by atoms with Crippen LogP contribution in [-0.2, 0) is 16.6 Å².